The predicted octanol–water partition coefficient (Wildman–Crippen LogP) is 4.14. The van der Waals surface area contributed by atoms with Crippen LogP contribution in [0.5, 0.6) is 5.75 Å². The highest BCUT2D eigenvalue weighted by atomic mass is 16.6. The van der Waals surface area contributed by atoms with Gasteiger partial charge in [-0.05, 0) is 42.2 Å². The van der Waals surface area contributed by atoms with E-state index in [9.17, 15) is 9.59 Å². The monoisotopic (exact) mass is 497 g/mol. The molecule has 7 heteroatoms. The Labute approximate surface area is 219 Å². The molecule has 1 aliphatic heterocycles. The summed E-state index contributed by atoms with van der Waals surface area (Å²) >= 11 is 0. The van der Waals surface area contributed by atoms with Gasteiger partial charge in [-0.1, -0.05) is 72.8 Å². The van der Waals surface area contributed by atoms with Crippen molar-refractivity contribution in [2.75, 3.05) is 13.7 Å². The number of nitrogens with one attached hydrogen (secondary N) is 1. The summed E-state index contributed by atoms with van der Waals surface area (Å²) in [6, 6.07) is 27.7. The van der Waals surface area contributed by atoms with Crippen molar-refractivity contribution in [3.63, 3.8) is 0 Å². The number of hydrogen-bond donors (Lipinski definition) is 1. The van der Waals surface area contributed by atoms with E-state index in [1.54, 1.807) is 7.11 Å². The number of hydrogen-bond acceptors (Lipinski definition) is 6. The smallest absolute Gasteiger partial charge is 0.306 e. The minimum absolute atomic E-state index is 0.0460. The van der Waals surface area contributed by atoms with Crippen LogP contribution >= 0.6 is 0 Å². The number of rotatable bonds is 11. The Kier molecular flexibility index (Phi) is 8.80. The molecule has 0 aliphatic carbocycles. The topological polar surface area (TPSA) is 73.9 Å². The van der Waals surface area contributed by atoms with Crippen LogP contribution in [0.25, 0.3) is 0 Å². The van der Waals surface area contributed by atoms with E-state index in [4.69, 9.17) is 22.1 Å². The highest BCUT2D eigenvalue weighted by Crippen LogP contribution is 2.39. The number of Topliss-reactive ketones (excluding diaryl/α,β-unsaturated/α-hetero) is 1. The number of ether oxygens (including phenoxy) is 3. The Hall–Kier alpha value is -3.42. The molecule has 190 valence electrons. The van der Waals surface area contributed by atoms with Crippen LogP contribution in [-0.2, 0) is 24.6 Å². The van der Waals surface area contributed by atoms with Gasteiger partial charge in [0.2, 0.25) is 0 Å². The molecule has 4 rings (SSSR count). The van der Waals surface area contributed by atoms with Crippen molar-refractivity contribution in [3.8, 4) is 5.75 Å². The Morgan fingerprint density at radius 1 is 0.919 bits per heavy atom. The fraction of sp³-hybridized carbons (Fsp3) is 0.333. The van der Waals surface area contributed by atoms with Crippen LogP contribution in [0.3, 0.4) is 0 Å². The average molecular weight is 497 g/mol. The van der Waals surface area contributed by atoms with Crippen LogP contribution in [0.1, 0.15) is 42.9 Å². The van der Waals surface area contributed by atoms with Crippen LogP contribution in [0.4, 0.5) is 0 Å². The van der Waals surface area contributed by atoms with Gasteiger partial charge in [-0.25, -0.2) is 0 Å². The van der Waals surface area contributed by atoms with Gasteiger partial charge in [-0.2, -0.15) is 0 Å². The molecule has 0 saturated carbocycles. The van der Waals surface area contributed by atoms with Crippen LogP contribution in [0, 0.1) is 0 Å². The van der Waals surface area contributed by atoms with E-state index in [2.05, 4.69) is 41.7 Å². The summed E-state index contributed by atoms with van der Waals surface area (Å²) in [4.78, 5) is 23.4. The molecule has 3 atom stereocenters. The molecule has 6 nitrogen and oxygen atoms in total. The number of carbonyl (C=O) groups is 2. The molecule has 1 saturated heterocycles. The van der Waals surface area contributed by atoms with Gasteiger partial charge < -0.3 is 19.0 Å². The third-order valence-corrected chi connectivity index (χ3v) is 6.71. The second kappa shape index (κ2) is 12.2. The normalized spacial score (nSPS) is 19.4. The molecule has 3 aromatic rings. The molecule has 3 aromatic carbocycles. The van der Waals surface area contributed by atoms with E-state index in [1.807, 2.05) is 48.5 Å². The summed E-state index contributed by atoms with van der Waals surface area (Å²) in [6.07, 6.45) is 0.290. The highest BCUT2D eigenvalue weighted by Gasteiger charge is 2.43. The van der Waals surface area contributed by atoms with Crippen molar-refractivity contribution < 1.29 is 23.8 Å². The summed E-state index contributed by atoms with van der Waals surface area (Å²) in [5.74, 6) is 0.288. The molecular formula is C30H32BNO5. The lowest BCUT2D eigenvalue weighted by atomic mass is 9.76. The third kappa shape index (κ3) is 6.30. The zero-order valence-corrected chi connectivity index (χ0v) is 21.3. The summed E-state index contributed by atoms with van der Waals surface area (Å²) in [6.45, 7) is 1.50. The number of carbonyl (C=O) groups excluding carboxylic acids is 2. The minimum Gasteiger partial charge on any atom is -0.497 e. The molecule has 0 spiro atoms. The van der Waals surface area contributed by atoms with Crippen molar-refractivity contribution in [2.45, 2.75) is 49.9 Å². The molecule has 1 N–H and O–H groups in total. The van der Waals surface area contributed by atoms with Crippen LogP contribution < -0.4 is 10.1 Å². The van der Waals surface area contributed by atoms with Gasteiger partial charge in [-0.15, -0.1) is 0 Å². The molecule has 0 bridgehead atoms. The second-order valence-corrected chi connectivity index (χ2v) is 9.30. The Bertz CT molecular complexity index is 1130. The van der Waals surface area contributed by atoms with Crippen LogP contribution in [-0.4, -0.2) is 51.5 Å². The summed E-state index contributed by atoms with van der Waals surface area (Å²) < 4.78 is 16.9. The molecule has 37 heavy (non-hydrogen) atoms. The molecule has 1 fully saturated rings. The Morgan fingerprint density at radius 3 is 2.03 bits per heavy atom. The lowest BCUT2D eigenvalue weighted by molar-refractivity contribution is -0.148. The Balaban J connectivity index is 1.72. The standard InChI is InChI=1S/C30H32BNO5/c1-21(33)13-18-29(34)36-20-27-26(19-28(31)37-27)32-30(22-9-5-3-6-10-22,23-11-7-4-8-12-23)24-14-16-25(35-2)17-15-24/h3-12,14-17,26-28,32H,13,18-20H2,1-2H3/t26-,27+,28+/m0/s1. The number of ketones is 1. The van der Waals surface area contributed by atoms with Gasteiger partial charge in [0.05, 0.1) is 19.1 Å². The highest BCUT2D eigenvalue weighted by molar-refractivity contribution is 6.11. The van der Waals surface area contributed by atoms with Gasteiger partial charge in [0.25, 0.3) is 0 Å². The molecule has 0 amide bonds. The van der Waals surface area contributed by atoms with Gasteiger partial charge in [-0.3, -0.25) is 10.1 Å². The maximum absolute atomic E-state index is 12.2. The molecule has 1 heterocycles. The summed E-state index contributed by atoms with van der Waals surface area (Å²) in [5, 5.41) is 3.88. The fourth-order valence-corrected chi connectivity index (χ4v) is 4.86. The Morgan fingerprint density at radius 2 is 1.49 bits per heavy atom. The van der Waals surface area contributed by atoms with Crippen LogP contribution in [0.2, 0.25) is 0 Å². The lowest BCUT2D eigenvalue weighted by Gasteiger charge is -2.40. The molecule has 0 aromatic heterocycles. The number of esters is 1. The first-order valence-electron chi connectivity index (χ1n) is 12.5. The van der Waals surface area contributed by atoms with E-state index >= 15 is 0 Å². The quantitative estimate of drug-likeness (QED) is 0.244. The van der Waals surface area contributed by atoms with Crippen molar-refractivity contribution >= 4 is 19.6 Å². The first kappa shape index (κ1) is 26.6. The van der Waals surface area contributed by atoms with Crippen molar-refractivity contribution in [1.82, 2.24) is 5.32 Å². The molecular weight excluding hydrogens is 465 g/mol. The van der Waals surface area contributed by atoms with E-state index in [0.29, 0.717) is 6.42 Å². The van der Waals surface area contributed by atoms with Crippen molar-refractivity contribution in [2.24, 2.45) is 0 Å². The maximum atomic E-state index is 12.2. The van der Waals surface area contributed by atoms with E-state index in [0.717, 1.165) is 22.4 Å². The largest absolute Gasteiger partial charge is 0.497 e. The zero-order chi connectivity index (χ0) is 26.3. The predicted molar refractivity (Wildman–Crippen MR) is 143 cm³/mol. The van der Waals surface area contributed by atoms with E-state index < -0.39 is 23.6 Å². The first-order valence-corrected chi connectivity index (χ1v) is 12.5. The zero-order valence-electron chi connectivity index (χ0n) is 21.3. The summed E-state index contributed by atoms with van der Waals surface area (Å²) in [5.41, 5.74) is 2.36. The number of methoxy groups -OCH3 is 1. The van der Waals surface area contributed by atoms with Crippen LogP contribution in [0.15, 0.2) is 84.9 Å². The maximum Gasteiger partial charge on any atom is 0.306 e. The third-order valence-electron chi connectivity index (χ3n) is 6.71. The van der Waals surface area contributed by atoms with E-state index in [-0.39, 0.29) is 31.3 Å². The van der Waals surface area contributed by atoms with Crippen molar-refractivity contribution in [1.29, 1.82) is 0 Å². The van der Waals surface area contributed by atoms with E-state index in [1.165, 1.54) is 6.92 Å². The molecule has 0 unspecified atom stereocenters. The number of benzene rings is 3. The lowest BCUT2D eigenvalue weighted by Crippen LogP contribution is -2.53. The average Bonchev–Trinajstić information content (AvgIpc) is 3.28. The summed E-state index contributed by atoms with van der Waals surface area (Å²) in [7, 11) is 7.88. The van der Waals surface area contributed by atoms with Gasteiger partial charge in [0.1, 0.15) is 32.1 Å². The minimum atomic E-state index is -0.746. The van der Waals surface area contributed by atoms with Gasteiger partial charge in [0, 0.05) is 18.5 Å². The SMILES string of the molecule is [B][C@H]1C[C@H](NC(c2ccccc2)(c2ccccc2)c2ccc(OC)cc2)[C@@H](COC(=O)CCC(C)=O)O1. The second-order valence-electron chi connectivity index (χ2n) is 9.30. The van der Waals surface area contributed by atoms with Crippen molar-refractivity contribution in [3.05, 3.63) is 102 Å². The first-order chi connectivity index (χ1) is 17.9. The van der Waals surface area contributed by atoms with Gasteiger partial charge >= 0.3 is 5.97 Å². The molecule has 1 aliphatic rings. The van der Waals surface area contributed by atoms with Gasteiger partial charge in [0.15, 0.2) is 0 Å². The molecule has 2 radical (unpaired) electrons. The fourth-order valence-electron chi connectivity index (χ4n) is 4.86.